The number of benzene rings is 2. The molecule has 1 N–H and O–H groups in total. The number of hydrazine groups is 1. The number of aryl methyl sites for hydroxylation is 1. The number of ether oxygens (including phenoxy) is 1. The molecular formula is C18H22N2O2. The Labute approximate surface area is 131 Å². The van der Waals surface area contributed by atoms with Crippen LogP contribution in [0.3, 0.4) is 0 Å². The Morgan fingerprint density at radius 3 is 2.18 bits per heavy atom. The molecule has 0 aliphatic carbocycles. The summed E-state index contributed by atoms with van der Waals surface area (Å²) in [5, 5.41) is 1.74. The van der Waals surface area contributed by atoms with Gasteiger partial charge in [0, 0.05) is 0 Å². The van der Waals surface area contributed by atoms with E-state index < -0.39 is 11.7 Å². The maximum absolute atomic E-state index is 12.2. The first-order chi connectivity index (χ1) is 10.4. The number of hydrogen-bond acceptors (Lipinski definition) is 3. The molecule has 0 saturated heterocycles. The Morgan fingerprint density at radius 2 is 1.59 bits per heavy atom. The van der Waals surface area contributed by atoms with Crippen molar-refractivity contribution in [2.24, 2.45) is 0 Å². The summed E-state index contributed by atoms with van der Waals surface area (Å²) < 4.78 is 5.36. The van der Waals surface area contributed by atoms with E-state index in [1.807, 2.05) is 82.3 Å². The Hall–Kier alpha value is -2.49. The second kappa shape index (κ2) is 6.52. The zero-order chi connectivity index (χ0) is 16.2. The van der Waals surface area contributed by atoms with Gasteiger partial charge in [-0.2, -0.15) is 0 Å². The fourth-order valence-electron chi connectivity index (χ4n) is 2.05. The smallest absolute Gasteiger partial charge is 0.426 e. The maximum Gasteiger partial charge on any atom is 0.426 e. The summed E-state index contributed by atoms with van der Waals surface area (Å²) in [7, 11) is 0. The second-order valence-electron chi connectivity index (χ2n) is 6.07. The van der Waals surface area contributed by atoms with E-state index in [4.69, 9.17) is 4.74 Å². The van der Waals surface area contributed by atoms with Gasteiger partial charge in [0.05, 0.1) is 11.4 Å². The van der Waals surface area contributed by atoms with Crippen LogP contribution in [0.15, 0.2) is 54.6 Å². The number of carbonyl (C=O) groups excluding carboxylic acids is 1. The number of anilines is 2. The van der Waals surface area contributed by atoms with E-state index >= 15 is 0 Å². The fourth-order valence-corrected chi connectivity index (χ4v) is 2.05. The van der Waals surface area contributed by atoms with Crippen LogP contribution in [0.2, 0.25) is 0 Å². The van der Waals surface area contributed by atoms with E-state index in [1.54, 1.807) is 5.01 Å². The van der Waals surface area contributed by atoms with Gasteiger partial charge in [0.25, 0.3) is 0 Å². The van der Waals surface area contributed by atoms with Gasteiger partial charge in [-0.25, -0.2) is 10.2 Å². The molecule has 0 aliphatic heterocycles. The van der Waals surface area contributed by atoms with Crippen molar-refractivity contribution in [1.29, 1.82) is 0 Å². The quantitative estimate of drug-likeness (QED) is 0.844. The van der Waals surface area contributed by atoms with Gasteiger partial charge in [-0.05, 0) is 51.5 Å². The maximum atomic E-state index is 12.2. The molecule has 0 spiro atoms. The molecule has 22 heavy (non-hydrogen) atoms. The molecule has 0 radical (unpaired) electrons. The monoisotopic (exact) mass is 298 g/mol. The van der Waals surface area contributed by atoms with Crippen molar-refractivity contribution >= 4 is 17.5 Å². The lowest BCUT2D eigenvalue weighted by Gasteiger charge is -2.28. The Morgan fingerprint density at radius 1 is 1.00 bits per heavy atom. The number of hydrogen-bond donors (Lipinski definition) is 1. The molecule has 2 rings (SSSR count). The summed E-state index contributed by atoms with van der Waals surface area (Å²) in [5.74, 6) is 0. The predicted molar refractivity (Wildman–Crippen MR) is 89.1 cm³/mol. The summed E-state index contributed by atoms with van der Waals surface area (Å²) in [6.07, 6.45) is -0.486. The lowest BCUT2D eigenvalue weighted by atomic mass is 10.2. The van der Waals surface area contributed by atoms with E-state index in [1.165, 1.54) is 0 Å². The molecular weight excluding hydrogens is 276 g/mol. The topological polar surface area (TPSA) is 41.6 Å². The van der Waals surface area contributed by atoms with Crippen molar-refractivity contribution in [3.05, 3.63) is 60.2 Å². The van der Waals surface area contributed by atoms with Crippen molar-refractivity contribution in [3.63, 3.8) is 0 Å². The van der Waals surface area contributed by atoms with Crippen molar-refractivity contribution < 1.29 is 9.53 Å². The van der Waals surface area contributed by atoms with E-state index in [0.29, 0.717) is 0 Å². The van der Waals surface area contributed by atoms with Gasteiger partial charge in [0.2, 0.25) is 0 Å². The minimum absolute atomic E-state index is 0.486. The highest BCUT2D eigenvalue weighted by atomic mass is 16.6. The van der Waals surface area contributed by atoms with E-state index in [0.717, 1.165) is 16.9 Å². The molecule has 0 bridgehead atoms. The standard InChI is InChI=1S/C18H22N2O2/c1-14-10-8-9-13-16(14)20(15-11-6-5-7-12-15)19-17(21)22-18(2,3)4/h5-13H,1-4H3,(H,19,21). The number of carbonyl (C=O) groups is 1. The number of nitrogens with zero attached hydrogens (tertiary/aromatic N) is 1. The molecule has 4 heteroatoms. The highest BCUT2D eigenvalue weighted by molar-refractivity contribution is 5.76. The van der Waals surface area contributed by atoms with Crippen LogP contribution in [0, 0.1) is 6.92 Å². The largest absolute Gasteiger partial charge is 0.443 e. The zero-order valence-corrected chi connectivity index (χ0v) is 13.5. The van der Waals surface area contributed by atoms with E-state index in [2.05, 4.69) is 5.43 Å². The number of rotatable bonds is 3. The first-order valence-corrected chi connectivity index (χ1v) is 7.27. The van der Waals surface area contributed by atoms with Crippen molar-refractivity contribution in [1.82, 2.24) is 5.43 Å². The van der Waals surface area contributed by atoms with Gasteiger partial charge in [0.15, 0.2) is 0 Å². The number of amides is 1. The van der Waals surface area contributed by atoms with Gasteiger partial charge in [-0.1, -0.05) is 36.4 Å². The van der Waals surface area contributed by atoms with Crippen molar-refractivity contribution in [3.8, 4) is 0 Å². The molecule has 2 aromatic carbocycles. The summed E-state index contributed by atoms with van der Waals surface area (Å²) >= 11 is 0. The van der Waals surface area contributed by atoms with Crippen LogP contribution in [-0.4, -0.2) is 11.7 Å². The average molecular weight is 298 g/mol. The van der Waals surface area contributed by atoms with E-state index in [9.17, 15) is 4.79 Å². The normalized spacial score (nSPS) is 10.9. The van der Waals surface area contributed by atoms with E-state index in [-0.39, 0.29) is 0 Å². The Balaban J connectivity index is 2.31. The minimum atomic E-state index is -0.543. The van der Waals surface area contributed by atoms with Gasteiger partial charge in [-0.3, -0.25) is 5.01 Å². The fraction of sp³-hybridized carbons (Fsp3) is 0.278. The molecule has 1 amide bonds. The SMILES string of the molecule is Cc1ccccc1N(NC(=O)OC(C)(C)C)c1ccccc1. The van der Waals surface area contributed by atoms with Crippen LogP contribution in [0.25, 0.3) is 0 Å². The van der Waals surface area contributed by atoms with Crippen LogP contribution in [0.4, 0.5) is 16.2 Å². The first-order valence-electron chi connectivity index (χ1n) is 7.27. The molecule has 0 aromatic heterocycles. The number of nitrogens with one attached hydrogen (secondary N) is 1. The first kappa shape index (κ1) is 15.9. The average Bonchev–Trinajstić information content (AvgIpc) is 2.45. The van der Waals surface area contributed by atoms with Crippen LogP contribution in [-0.2, 0) is 4.74 Å². The van der Waals surface area contributed by atoms with Crippen LogP contribution < -0.4 is 10.4 Å². The summed E-state index contributed by atoms with van der Waals surface area (Å²) in [5.41, 5.74) is 5.10. The lowest BCUT2D eigenvalue weighted by Crippen LogP contribution is -2.42. The molecule has 0 heterocycles. The molecule has 116 valence electrons. The summed E-state index contributed by atoms with van der Waals surface area (Å²) in [4.78, 5) is 12.2. The highest BCUT2D eigenvalue weighted by Gasteiger charge is 2.20. The third-order valence-corrected chi connectivity index (χ3v) is 2.97. The third-order valence-electron chi connectivity index (χ3n) is 2.97. The number of para-hydroxylation sites is 2. The van der Waals surface area contributed by atoms with Crippen molar-refractivity contribution in [2.75, 3.05) is 5.01 Å². The van der Waals surface area contributed by atoms with Gasteiger partial charge < -0.3 is 4.74 Å². The molecule has 0 unspecified atom stereocenters. The summed E-state index contributed by atoms with van der Waals surface area (Å²) in [6, 6.07) is 17.5. The molecule has 0 fully saturated rings. The second-order valence-corrected chi connectivity index (χ2v) is 6.07. The van der Waals surface area contributed by atoms with Gasteiger partial charge in [-0.15, -0.1) is 0 Å². The van der Waals surface area contributed by atoms with Crippen molar-refractivity contribution in [2.45, 2.75) is 33.3 Å². The van der Waals surface area contributed by atoms with Crippen LogP contribution in [0.1, 0.15) is 26.3 Å². The lowest BCUT2D eigenvalue weighted by molar-refractivity contribution is 0.0528. The molecule has 0 saturated carbocycles. The molecule has 2 aromatic rings. The third kappa shape index (κ3) is 4.25. The van der Waals surface area contributed by atoms with Crippen LogP contribution >= 0.6 is 0 Å². The van der Waals surface area contributed by atoms with Crippen LogP contribution in [0.5, 0.6) is 0 Å². The Kier molecular flexibility index (Phi) is 4.71. The Bertz CT molecular complexity index is 633. The minimum Gasteiger partial charge on any atom is -0.443 e. The zero-order valence-electron chi connectivity index (χ0n) is 13.5. The predicted octanol–water partition coefficient (Wildman–Crippen LogP) is 4.57. The molecule has 4 nitrogen and oxygen atoms in total. The molecule has 0 aliphatic rings. The highest BCUT2D eigenvalue weighted by Crippen LogP contribution is 2.26. The van der Waals surface area contributed by atoms with Gasteiger partial charge >= 0.3 is 6.09 Å². The summed E-state index contributed by atoms with van der Waals surface area (Å²) in [6.45, 7) is 7.52. The molecule has 0 atom stereocenters. The van der Waals surface area contributed by atoms with Gasteiger partial charge in [0.1, 0.15) is 5.60 Å².